The van der Waals surface area contributed by atoms with Crippen molar-refractivity contribution in [1.82, 2.24) is 5.16 Å². The maximum atomic E-state index is 13.3. The zero-order chi connectivity index (χ0) is 22.1. The molecule has 2 aromatic carbocycles. The lowest BCUT2D eigenvalue weighted by molar-refractivity contribution is -0.114. The second kappa shape index (κ2) is 8.45. The van der Waals surface area contributed by atoms with Gasteiger partial charge in [-0.25, -0.2) is 12.8 Å². The average molecular weight is 452 g/mol. The number of benzene rings is 2. The molecule has 0 aliphatic rings. The number of rotatable bonds is 6. The summed E-state index contributed by atoms with van der Waals surface area (Å²) < 4.78 is 46.9. The summed E-state index contributed by atoms with van der Waals surface area (Å²) in [6.45, 7) is 4.84. The molecule has 0 saturated heterocycles. The molecular weight excluding hydrogens is 433 g/mol. The molecule has 158 valence electrons. The highest BCUT2D eigenvalue weighted by Crippen LogP contribution is 2.35. The fraction of sp³-hybridized carbons (Fsp3) is 0.200. The van der Waals surface area contributed by atoms with Gasteiger partial charge in [0.15, 0.2) is 0 Å². The number of halogens is 2. The van der Waals surface area contributed by atoms with Gasteiger partial charge in [0.1, 0.15) is 5.82 Å². The molecule has 1 amide bonds. The predicted molar refractivity (Wildman–Crippen MR) is 113 cm³/mol. The van der Waals surface area contributed by atoms with E-state index in [1.807, 2.05) is 6.92 Å². The molecule has 0 radical (unpaired) electrons. The van der Waals surface area contributed by atoms with Gasteiger partial charge >= 0.3 is 0 Å². The van der Waals surface area contributed by atoms with Gasteiger partial charge in [-0.2, -0.15) is 0 Å². The molecule has 0 aliphatic carbocycles. The lowest BCUT2D eigenvalue weighted by Gasteiger charge is -2.13. The molecule has 10 heteroatoms. The Morgan fingerprint density at radius 3 is 2.60 bits per heavy atom. The van der Waals surface area contributed by atoms with Gasteiger partial charge in [0, 0.05) is 6.92 Å². The van der Waals surface area contributed by atoms with Crippen LogP contribution in [0.4, 0.5) is 16.0 Å². The van der Waals surface area contributed by atoms with Crippen LogP contribution >= 0.6 is 11.6 Å². The van der Waals surface area contributed by atoms with Crippen molar-refractivity contribution in [2.45, 2.75) is 32.1 Å². The Morgan fingerprint density at radius 2 is 1.97 bits per heavy atom. The highest BCUT2D eigenvalue weighted by molar-refractivity contribution is 7.92. The predicted octanol–water partition coefficient (Wildman–Crippen LogP) is 4.76. The zero-order valence-electron chi connectivity index (χ0n) is 16.4. The highest BCUT2D eigenvalue weighted by Gasteiger charge is 2.23. The van der Waals surface area contributed by atoms with E-state index in [9.17, 15) is 17.6 Å². The average Bonchev–Trinajstić information content (AvgIpc) is 3.06. The number of anilines is 2. The van der Waals surface area contributed by atoms with Crippen molar-refractivity contribution < 1.29 is 22.1 Å². The minimum atomic E-state index is -4.04. The Bertz CT molecular complexity index is 1220. The number of aromatic nitrogens is 1. The fourth-order valence-electron chi connectivity index (χ4n) is 2.92. The number of carbonyl (C=O) groups excluding carboxylic acids is 1. The van der Waals surface area contributed by atoms with Crippen LogP contribution < -0.4 is 10.0 Å². The molecule has 30 heavy (non-hydrogen) atoms. The third-order valence-corrected chi connectivity index (χ3v) is 6.15. The van der Waals surface area contributed by atoms with Gasteiger partial charge in [0.2, 0.25) is 11.8 Å². The first kappa shape index (κ1) is 21.8. The van der Waals surface area contributed by atoms with Crippen LogP contribution in [0.2, 0.25) is 5.02 Å². The van der Waals surface area contributed by atoms with Crippen molar-refractivity contribution >= 4 is 39.1 Å². The van der Waals surface area contributed by atoms with Gasteiger partial charge in [-0.15, -0.1) is 0 Å². The van der Waals surface area contributed by atoms with Crippen LogP contribution in [-0.4, -0.2) is 19.5 Å². The third-order valence-electron chi connectivity index (χ3n) is 4.33. The van der Waals surface area contributed by atoms with Crippen molar-refractivity contribution in [1.29, 1.82) is 0 Å². The summed E-state index contributed by atoms with van der Waals surface area (Å²) in [5, 5.41) is 6.46. The summed E-state index contributed by atoms with van der Waals surface area (Å²) in [6.07, 6.45) is 0.512. The molecule has 2 N–H and O–H groups in total. The molecule has 3 rings (SSSR count). The third kappa shape index (κ3) is 4.47. The Balaban J connectivity index is 2.08. The van der Waals surface area contributed by atoms with Crippen molar-refractivity contribution in [2.24, 2.45) is 0 Å². The van der Waals surface area contributed by atoms with Gasteiger partial charge in [-0.3, -0.25) is 14.8 Å². The Labute approximate surface area is 178 Å². The molecule has 0 saturated carbocycles. The van der Waals surface area contributed by atoms with Crippen molar-refractivity contribution in [2.75, 3.05) is 10.0 Å². The van der Waals surface area contributed by atoms with Crippen LogP contribution in [0, 0.1) is 12.7 Å². The van der Waals surface area contributed by atoms with Gasteiger partial charge in [0.25, 0.3) is 10.0 Å². The fourth-order valence-corrected chi connectivity index (χ4v) is 4.55. The Morgan fingerprint density at radius 1 is 1.23 bits per heavy atom. The van der Waals surface area contributed by atoms with Crippen LogP contribution in [0.3, 0.4) is 0 Å². The number of hydrogen-bond acceptors (Lipinski definition) is 5. The highest BCUT2D eigenvalue weighted by atomic mass is 35.5. The molecular formula is C20H19ClFN3O4S. The molecule has 0 fully saturated rings. The molecule has 1 aromatic heterocycles. The van der Waals surface area contributed by atoms with Gasteiger partial charge in [-0.1, -0.05) is 35.8 Å². The van der Waals surface area contributed by atoms with Gasteiger partial charge in [-0.05, 0) is 48.7 Å². The lowest BCUT2D eigenvalue weighted by atomic mass is 10.0. The summed E-state index contributed by atoms with van der Waals surface area (Å²) in [5.41, 5.74) is 2.12. The van der Waals surface area contributed by atoms with E-state index in [4.69, 9.17) is 16.1 Å². The van der Waals surface area contributed by atoms with Gasteiger partial charge < -0.3 is 4.52 Å². The molecule has 0 atom stereocenters. The van der Waals surface area contributed by atoms with Crippen molar-refractivity contribution in [3.8, 4) is 11.1 Å². The molecule has 0 unspecified atom stereocenters. The second-order valence-electron chi connectivity index (χ2n) is 6.58. The van der Waals surface area contributed by atoms with Crippen LogP contribution in [0.1, 0.15) is 25.1 Å². The molecule has 0 aliphatic heterocycles. The van der Waals surface area contributed by atoms with Crippen molar-refractivity contribution in [3.05, 3.63) is 58.5 Å². The monoisotopic (exact) mass is 451 g/mol. The Hall–Kier alpha value is -2.91. The van der Waals surface area contributed by atoms with E-state index in [0.29, 0.717) is 28.8 Å². The molecule has 7 nitrogen and oxygen atoms in total. The van der Waals surface area contributed by atoms with E-state index >= 15 is 0 Å². The first-order chi connectivity index (χ1) is 14.1. The number of aryl methyl sites for hydroxylation is 2. The number of sulfonamides is 1. The van der Waals surface area contributed by atoms with E-state index in [1.165, 1.54) is 19.1 Å². The molecule has 3 aromatic rings. The lowest BCUT2D eigenvalue weighted by Crippen LogP contribution is -2.15. The van der Waals surface area contributed by atoms with Gasteiger partial charge in [0.05, 0.1) is 26.9 Å². The maximum Gasteiger partial charge on any atom is 0.262 e. The van der Waals surface area contributed by atoms with Crippen LogP contribution in [0.5, 0.6) is 0 Å². The van der Waals surface area contributed by atoms with Crippen molar-refractivity contribution in [3.63, 3.8) is 0 Å². The quantitative estimate of drug-likeness (QED) is 0.562. The Kier molecular flexibility index (Phi) is 6.14. The molecule has 0 spiro atoms. The van der Waals surface area contributed by atoms with Crippen LogP contribution in [-0.2, 0) is 21.2 Å². The number of nitrogens with one attached hydrogen (secondary N) is 2. The largest absolute Gasteiger partial charge is 0.337 e. The first-order valence-corrected chi connectivity index (χ1v) is 10.8. The number of amides is 1. The van der Waals surface area contributed by atoms with E-state index in [-0.39, 0.29) is 27.4 Å². The SMILES string of the molecule is CCc1noc(NC(C)=O)c1-c1ccc(C)c(S(=O)(=O)Nc2ccc(F)cc2Cl)c1. The minimum Gasteiger partial charge on any atom is -0.337 e. The van der Waals surface area contributed by atoms with E-state index in [1.54, 1.807) is 19.1 Å². The summed E-state index contributed by atoms with van der Waals surface area (Å²) in [5.74, 6) is -0.783. The van der Waals surface area contributed by atoms with Crippen LogP contribution in [0.15, 0.2) is 45.8 Å². The summed E-state index contributed by atoms with van der Waals surface area (Å²) in [6, 6.07) is 8.20. The first-order valence-electron chi connectivity index (χ1n) is 8.97. The smallest absolute Gasteiger partial charge is 0.262 e. The second-order valence-corrected chi connectivity index (χ2v) is 8.64. The standard InChI is InChI=1S/C20H19ClFN3O4S/c1-4-16-19(20(29-24-16)23-12(3)26)13-6-5-11(2)18(9-13)30(27,28)25-17-8-7-14(22)10-15(17)21/h5-10,25H,4H2,1-3H3,(H,23,26). The normalized spacial score (nSPS) is 11.4. The van der Waals surface area contributed by atoms with E-state index in [0.717, 1.165) is 12.1 Å². The zero-order valence-corrected chi connectivity index (χ0v) is 18.0. The number of hydrogen-bond donors (Lipinski definition) is 2. The minimum absolute atomic E-state index is 0.00239. The maximum absolute atomic E-state index is 13.3. The number of carbonyl (C=O) groups is 1. The van der Waals surface area contributed by atoms with E-state index < -0.39 is 15.8 Å². The summed E-state index contributed by atoms with van der Waals surface area (Å²) in [4.78, 5) is 11.5. The summed E-state index contributed by atoms with van der Waals surface area (Å²) >= 11 is 5.96. The number of nitrogens with zero attached hydrogens (tertiary/aromatic N) is 1. The molecule has 1 heterocycles. The van der Waals surface area contributed by atoms with E-state index in [2.05, 4.69) is 15.2 Å². The topological polar surface area (TPSA) is 101 Å². The molecule has 0 bridgehead atoms. The van der Waals surface area contributed by atoms with Crippen LogP contribution in [0.25, 0.3) is 11.1 Å². The summed E-state index contributed by atoms with van der Waals surface area (Å²) in [7, 11) is -4.04.